The minimum Gasteiger partial charge on any atom is -0.351 e. The molecule has 0 bridgehead atoms. The van der Waals surface area contributed by atoms with Gasteiger partial charge in [0.15, 0.2) is 0 Å². The number of hydrogen-bond acceptors (Lipinski definition) is 3. The van der Waals surface area contributed by atoms with Crippen LogP contribution in [0.1, 0.15) is 36.0 Å². The Kier molecular flexibility index (Phi) is 3.71. The Morgan fingerprint density at radius 1 is 1.33 bits per heavy atom. The standard InChI is InChI=1S/C14H15Cl2NO3S/c15-11-4-1-9(7-12(11)21(16,19)20)13(18)17-8-14(5-6-14)10-2-3-10/h1,4,7,10H,2-3,5-6,8H2,(H,17,18). The Hall–Kier alpha value is -0.780. The van der Waals surface area contributed by atoms with Gasteiger partial charge >= 0.3 is 0 Å². The van der Waals surface area contributed by atoms with Crippen LogP contribution < -0.4 is 5.32 Å². The van der Waals surface area contributed by atoms with Crippen molar-refractivity contribution >= 4 is 37.2 Å². The molecule has 114 valence electrons. The average molecular weight is 348 g/mol. The summed E-state index contributed by atoms with van der Waals surface area (Å²) in [5, 5.41) is 2.91. The smallest absolute Gasteiger partial charge is 0.262 e. The van der Waals surface area contributed by atoms with Gasteiger partial charge in [0.25, 0.3) is 15.0 Å². The summed E-state index contributed by atoms with van der Waals surface area (Å²) in [4.78, 5) is 11.9. The molecule has 4 nitrogen and oxygen atoms in total. The summed E-state index contributed by atoms with van der Waals surface area (Å²) in [7, 11) is 1.34. The van der Waals surface area contributed by atoms with E-state index in [4.69, 9.17) is 22.3 Å². The Balaban J connectivity index is 1.73. The van der Waals surface area contributed by atoms with Crippen molar-refractivity contribution in [3.63, 3.8) is 0 Å². The fourth-order valence-electron chi connectivity index (χ4n) is 2.78. The van der Waals surface area contributed by atoms with E-state index < -0.39 is 9.05 Å². The van der Waals surface area contributed by atoms with Crippen LogP contribution in [0.25, 0.3) is 0 Å². The van der Waals surface area contributed by atoms with Gasteiger partial charge in [-0.2, -0.15) is 0 Å². The normalized spacial score (nSPS) is 20.1. The zero-order valence-electron chi connectivity index (χ0n) is 11.2. The van der Waals surface area contributed by atoms with E-state index in [-0.39, 0.29) is 21.4 Å². The minimum atomic E-state index is -3.96. The van der Waals surface area contributed by atoms with Gasteiger partial charge < -0.3 is 5.32 Å². The number of nitrogens with one attached hydrogen (secondary N) is 1. The summed E-state index contributed by atoms with van der Waals surface area (Å²) in [6.07, 6.45) is 4.84. The number of halogens is 2. The fraction of sp³-hybridized carbons (Fsp3) is 0.500. The lowest BCUT2D eigenvalue weighted by Gasteiger charge is -2.15. The molecular weight excluding hydrogens is 333 g/mol. The van der Waals surface area contributed by atoms with Gasteiger partial charge in [0.1, 0.15) is 4.90 Å². The lowest BCUT2D eigenvalue weighted by Crippen LogP contribution is -2.31. The van der Waals surface area contributed by atoms with Gasteiger partial charge in [-0.3, -0.25) is 4.79 Å². The van der Waals surface area contributed by atoms with Crippen LogP contribution in [0.3, 0.4) is 0 Å². The van der Waals surface area contributed by atoms with Crippen molar-refractivity contribution < 1.29 is 13.2 Å². The van der Waals surface area contributed by atoms with E-state index in [1.807, 2.05) is 0 Å². The SMILES string of the molecule is O=C(NCC1(C2CC2)CC1)c1ccc(Cl)c(S(=O)(=O)Cl)c1. The molecule has 1 aromatic rings. The quantitative estimate of drug-likeness (QED) is 0.832. The molecule has 3 rings (SSSR count). The van der Waals surface area contributed by atoms with Gasteiger partial charge in [-0.15, -0.1) is 0 Å². The lowest BCUT2D eigenvalue weighted by molar-refractivity contribution is 0.0942. The molecule has 0 saturated heterocycles. The average Bonchev–Trinajstić information content (AvgIpc) is 3.25. The third kappa shape index (κ3) is 3.20. The van der Waals surface area contributed by atoms with Crippen molar-refractivity contribution in [1.29, 1.82) is 0 Å². The van der Waals surface area contributed by atoms with Crippen molar-refractivity contribution in [2.24, 2.45) is 11.3 Å². The van der Waals surface area contributed by atoms with Crippen molar-refractivity contribution in [2.45, 2.75) is 30.6 Å². The molecule has 1 N–H and O–H groups in total. The monoisotopic (exact) mass is 347 g/mol. The van der Waals surface area contributed by atoms with Crippen LogP contribution in [0.5, 0.6) is 0 Å². The molecule has 0 aromatic heterocycles. The number of carbonyl (C=O) groups excluding carboxylic acids is 1. The van der Waals surface area contributed by atoms with E-state index in [1.54, 1.807) is 0 Å². The molecule has 21 heavy (non-hydrogen) atoms. The Morgan fingerprint density at radius 3 is 2.52 bits per heavy atom. The first-order valence-electron chi connectivity index (χ1n) is 6.84. The first-order chi connectivity index (χ1) is 9.82. The molecule has 2 aliphatic rings. The van der Waals surface area contributed by atoms with E-state index in [0.29, 0.717) is 12.0 Å². The second kappa shape index (κ2) is 5.14. The minimum absolute atomic E-state index is 0.0122. The van der Waals surface area contributed by atoms with Crippen LogP contribution in [-0.4, -0.2) is 20.9 Å². The number of benzene rings is 1. The molecule has 0 heterocycles. The van der Waals surface area contributed by atoms with Crippen LogP contribution >= 0.6 is 22.3 Å². The summed E-state index contributed by atoms with van der Waals surface area (Å²) in [6, 6.07) is 4.09. The summed E-state index contributed by atoms with van der Waals surface area (Å²) < 4.78 is 22.8. The third-order valence-electron chi connectivity index (χ3n) is 4.39. The fourth-order valence-corrected chi connectivity index (χ4v) is 4.27. The first-order valence-corrected chi connectivity index (χ1v) is 9.53. The van der Waals surface area contributed by atoms with Crippen LogP contribution in [0.4, 0.5) is 0 Å². The van der Waals surface area contributed by atoms with Gasteiger partial charge in [-0.25, -0.2) is 8.42 Å². The zero-order valence-corrected chi connectivity index (χ0v) is 13.6. The van der Waals surface area contributed by atoms with Gasteiger partial charge in [0.2, 0.25) is 0 Å². The summed E-state index contributed by atoms with van der Waals surface area (Å²) >= 11 is 5.80. The Labute approximate surface area is 133 Å². The van der Waals surface area contributed by atoms with Crippen molar-refractivity contribution in [3.8, 4) is 0 Å². The summed E-state index contributed by atoms with van der Waals surface area (Å²) in [5.41, 5.74) is 0.550. The van der Waals surface area contributed by atoms with Gasteiger partial charge in [0, 0.05) is 22.8 Å². The maximum atomic E-state index is 12.2. The molecule has 0 unspecified atom stereocenters. The second-order valence-corrected chi connectivity index (χ2v) is 8.84. The van der Waals surface area contributed by atoms with Gasteiger partial charge in [-0.1, -0.05) is 11.6 Å². The molecule has 0 atom stereocenters. The van der Waals surface area contributed by atoms with Crippen molar-refractivity contribution in [3.05, 3.63) is 28.8 Å². The molecule has 0 aliphatic heterocycles. The highest BCUT2D eigenvalue weighted by atomic mass is 35.7. The maximum absolute atomic E-state index is 12.2. The molecule has 1 aromatic carbocycles. The van der Waals surface area contributed by atoms with Crippen LogP contribution in [0.2, 0.25) is 5.02 Å². The largest absolute Gasteiger partial charge is 0.351 e. The molecular formula is C14H15Cl2NO3S. The predicted molar refractivity (Wildman–Crippen MR) is 81.2 cm³/mol. The molecule has 7 heteroatoms. The van der Waals surface area contributed by atoms with Crippen molar-refractivity contribution in [1.82, 2.24) is 5.32 Å². The van der Waals surface area contributed by atoms with E-state index in [1.165, 1.54) is 43.9 Å². The molecule has 2 aliphatic carbocycles. The summed E-state index contributed by atoms with van der Waals surface area (Å²) in [5.74, 6) is 0.460. The van der Waals surface area contributed by atoms with E-state index in [0.717, 1.165) is 5.92 Å². The number of amides is 1. The molecule has 2 fully saturated rings. The lowest BCUT2D eigenvalue weighted by atomic mass is 10.0. The van der Waals surface area contributed by atoms with Gasteiger partial charge in [0.05, 0.1) is 5.02 Å². The van der Waals surface area contributed by atoms with Crippen LogP contribution in [0.15, 0.2) is 23.1 Å². The highest BCUT2D eigenvalue weighted by Gasteiger charge is 2.53. The molecule has 0 spiro atoms. The first kappa shape index (κ1) is 15.1. The number of rotatable bonds is 5. The molecule has 1 amide bonds. The topological polar surface area (TPSA) is 63.2 Å². The molecule has 0 radical (unpaired) electrons. The Bertz CT molecular complexity index is 694. The van der Waals surface area contributed by atoms with Crippen molar-refractivity contribution in [2.75, 3.05) is 6.54 Å². The zero-order chi connectivity index (χ0) is 15.3. The van der Waals surface area contributed by atoms with E-state index in [9.17, 15) is 13.2 Å². The number of carbonyl (C=O) groups is 1. The van der Waals surface area contributed by atoms with Gasteiger partial charge in [-0.05, 0) is 55.2 Å². The van der Waals surface area contributed by atoms with Crippen LogP contribution in [0, 0.1) is 11.3 Å². The summed E-state index contributed by atoms with van der Waals surface area (Å²) in [6.45, 7) is 0.655. The second-order valence-electron chi connectivity index (χ2n) is 5.90. The number of hydrogen-bond donors (Lipinski definition) is 1. The predicted octanol–water partition coefficient (Wildman–Crippen LogP) is 3.19. The third-order valence-corrected chi connectivity index (χ3v) is 6.20. The van der Waals surface area contributed by atoms with E-state index in [2.05, 4.69) is 5.32 Å². The highest BCUT2D eigenvalue weighted by Crippen LogP contribution is 2.60. The molecule has 2 saturated carbocycles. The Morgan fingerprint density at radius 2 is 2.00 bits per heavy atom. The maximum Gasteiger partial charge on any atom is 0.262 e. The highest BCUT2D eigenvalue weighted by molar-refractivity contribution is 8.13. The van der Waals surface area contributed by atoms with Crippen LogP contribution in [-0.2, 0) is 9.05 Å². The van der Waals surface area contributed by atoms with E-state index >= 15 is 0 Å².